The summed E-state index contributed by atoms with van der Waals surface area (Å²) in [5.74, 6) is 0.461. The molecule has 0 radical (unpaired) electrons. The summed E-state index contributed by atoms with van der Waals surface area (Å²) in [4.78, 5) is 29.5. The van der Waals surface area contributed by atoms with Gasteiger partial charge in [0.2, 0.25) is 0 Å². The number of nitrogen functional groups attached to an aromatic ring is 3. The van der Waals surface area contributed by atoms with Gasteiger partial charge in [-0.15, -0.1) is 45.3 Å². The zero-order chi connectivity index (χ0) is 37.8. The predicted molar refractivity (Wildman–Crippen MR) is 228 cm³/mol. The molecule has 55 heavy (non-hydrogen) atoms. The average Bonchev–Trinajstić information content (AvgIpc) is 3.99. The summed E-state index contributed by atoms with van der Waals surface area (Å²) in [6.45, 7) is 0. The van der Waals surface area contributed by atoms with E-state index in [1.165, 1.54) is 34.0 Å². The van der Waals surface area contributed by atoms with Crippen LogP contribution in [0.15, 0.2) is 74.0 Å². The molecule has 2 saturated carbocycles. The number of hydrogen-bond acceptors (Lipinski definition) is 15. The predicted octanol–water partition coefficient (Wildman–Crippen LogP) is 8.37. The first-order valence-corrected chi connectivity index (χ1v) is 23.4. The first-order valence-electron chi connectivity index (χ1n) is 17.5. The van der Waals surface area contributed by atoms with Crippen molar-refractivity contribution in [1.82, 2.24) is 34.5 Å². The maximum atomic E-state index is 13.0. The van der Waals surface area contributed by atoms with Crippen molar-refractivity contribution >= 4 is 105 Å². The second kappa shape index (κ2) is 14.9. The monoisotopic (exact) mass is 842 g/mol. The van der Waals surface area contributed by atoms with Crippen molar-refractivity contribution in [2.24, 2.45) is 7.05 Å². The summed E-state index contributed by atoms with van der Waals surface area (Å²) in [6.07, 6.45) is 13.5. The van der Waals surface area contributed by atoms with Crippen molar-refractivity contribution in [3.05, 3.63) is 65.6 Å². The van der Waals surface area contributed by atoms with E-state index in [1.54, 1.807) is 40.9 Å². The van der Waals surface area contributed by atoms with E-state index in [9.17, 15) is 8.42 Å². The lowest BCUT2D eigenvalue weighted by Gasteiger charge is -2.23. The molecule has 0 amide bonds. The van der Waals surface area contributed by atoms with Crippen LogP contribution >= 0.6 is 45.3 Å². The maximum absolute atomic E-state index is 13.0. The molecule has 10 rings (SSSR count). The van der Waals surface area contributed by atoms with Crippen LogP contribution in [0.3, 0.4) is 0 Å². The zero-order valence-corrected chi connectivity index (χ0v) is 34.3. The number of fused-ring (bicyclic) bond motifs is 2. The second-order valence-electron chi connectivity index (χ2n) is 13.4. The molecule has 8 aromatic heterocycles. The SMILES string of the molecule is Cn1cnc(-c2cc(-c3cncs3)nc3sc(S(=O)C4CCC4)c(N)c23)c1.Nc1ccc(-c2cc(-c3cscn3)c3c(N)c(S(=O)C4CCC4)sc3n2)cn1. The van der Waals surface area contributed by atoms with Gasteiger partial charge >= 0.3 is 0 Å². The molecule has 2 aliphatic rings. The molecule has 0 spiro atoms. The van der Waals surface area contributed by atoms with Gasteiger partial charge in [0.1, 0.15) is 23.9 Å². The Hall–Kier alpha value is -4.46. The Morgan fingerprint density at radius 2 is 1.38 bits per heavy atom. The Balaban J connectivity index is 0.000000144. The molecule has 0 saturated heterocycles. The molecule has 2 atom stereocenters. The molecular weight excluding hydrogens is 809 g/mol. The lowest BCUT2D eigenvalue weighted by Crippen LogP contribution is -2.23. The minimum absolute atomic E-state index is 0.207. The fraction of sp³-hybridized carbons (Fsp3) is 0.243. The van der Waals surface area contributed by atoms with Gasteiger partial charge in [0.15, 0.2) is 0 Å². The van der Waals surface area contributed by atoms with Crippen LogP contribution in [0, 0.1) is 0 Å². The van der Waals surface area contributed by atoms with Crippen molar-refractivity contribution in [2.45, 2.75) is 57.4 Å². The highest BCUT2D eigenvalue weighted by atomic mass is 32.2. The van der Waals surface area contributed by atoms with E-state index >= 15 is 0 Å². The lowest BCUT2D eigenvalue weighted by molar-refractivity contribution is 0.505. The van der Waals surface area contributed by atoms with Crippen LogP contribution in [-0.2, 0) is 28.6 Å². The van der Waals surface area contributed by atoms with Crippen molar-refractivity contribution in [3.8, 4) is 44.3 Å². The van der Waals surface area contributed by atoms with E-state index in [-0.39, 0.29) is 10.5 Å². The van der Waals surface area contributed by atoms with Crippen LogP contribution in [0.4, 0.5) is 17.2 Å². The highest BCUT2D eigenvalue weighted by Gasteiger charge is 2.31. The van der Waals surface area contributed by atoms with Crippen molar-refractivity contribution in [1.29, 1.82) is 0 Å². The summed E-state index contributed by atoms with van der Waals surface area (Å²) in [5.41, 5.74) is 29.4. The Morgan fingerprint density at radius 1 is 0.745 bits per heavy atom. The third-order valence-corrected chi connectivity index (χ3v) is 17.8. The topological polar surface area (TPSA) is 194 Å². The van der Waals surface area contributed by atoms with Crippen LogP contribution in [-0.4, -0.2) is 53.4 Å². The van der Waals surface area contributed by atoms with Gasteiger partial charge in [-0.05, 0) is 49.9 Å². The fourth-order valence-electron chi connectivity index (χ4n) is 6.45. The summed E-state index contributed by atoms with van der Waals surface area (Å²) in [6, 6.07) is 7.64. The van der Waals surface area contributed by atoms with Gasteiger partial charge in [0.05, 0.1) is 78.0 Å². The van der Waals surface area contributed by atoms with Crippen LogP contribution in [0.1, 0.15) is 38.5 Å². The van der Waals surface area contributed by atoms with E-state index in [0.29, 0.717) is 17.2 Å². The third-order valence-electron chi connectivity index (χ3n) is 9.86. The average molecular weight is 843 g/mol. The van der Waals surface area contributed by atoms with E-state index in [1.807, 2.05) is 47.6 Å². The zero-order valence-electron chi connectivity index (χ0n) is 29.4. The normalized spacial score (nSPS) is 15.7. The van der Waals surface area contributed by atoms with E-state index in [2.05, 4.69) is 19.9 Å². The molecule has 2 unspecified atom stereocenters. The number of nitrogens with two attached hydrogens (primary N) is 3. The minimum Gasteiger partial charge on any atom is -0.396 e. The number of aromatic nitrogens is 7. The Bertz CT molecular complexity index is 2710. The van der Waals surface area contributed by atoms with Gasteiger partial charge in [0.25, 0.3) is 0 Å². The smallest absolute Gasteiger partial charge is 0.128 e. The number of hydrogen-bond donors (Lipinski definition) is 3. The molecular formula is C37H34N10O2S6. The van der Waals surface area contributed by atoms with Gasteiger partial charge < -0.3 is 21.8 Å². The van der Waals surface area contributed by atoms with Gasteiger partial charge in [-0.1, -0.05) is 12.8 Å². The molecule has 0 aromatic carbocycles. The van der Waals surface area contributed by atoms with Gasteiger partial charge in [-0.3, -0.25) is 13.4 Å². The number of aryl methyl sites for hydroxylation is 1. The number of nitrogens with zero attached hydrogens (tertiary/aromatic N) is 7. The molecule has 0 bridgehead atoms. The first kappa shape index (κ1) is 36.2. The standard InChI is InChI=1S/C19H17N5OS3.C18H17N5OS3/c20-15-5-4-10(7-22-15)13-6-12(14-8-26-9-23-14)16-17(21)19(27-18(16)24-13)28(25)11-2-1-3-11;1-23-7-13(21-8-23)11-5-12(14-6-20-9-25-14)22-17-15(11)16(19)18(26-17)27(24)10-3-2-4-10/h4-9,11H,1-3,21H2,(H2,20,22);5-10H,2-4,19H2,1H3. The number of thiazole rings is 2. The largest absolute Gasteiger partial charge is 0.396 e. The van der Waals surface area contributed by atoms with Gasteiger partial charge in [0, 0.05) is 69.0 Å². The summed E-state index contributed by atoms with van der Waals surface area (Å²) in [7, 11) is -0.221. The number of pyridine rings is 3. The number of rotatable bonds is 8. The van der Waals surface area contributed by atoms with E-state index in [0.717, 1.165) is 112 Å². The molecule has 8 aromatic rings. The van der Waals surface area contributed by atoms with Crippen LogP contribution < -0.4 is 17.2 Å². The second-order valence-corrected chi connectivity index (χ2v) is 20.9. The van der Waals surface area contributed by atoms with E-state index < -0.39 is 21.6 Å². The molecule has 12 nitrogen and oxygen atoms in total. The summed E-state index contributed by atoms with van der Waals surface area (Å²) in [5, 5.41) is 4.11. The number of anilines is 3. The first-order chi connectivity index (χ1) is 26.7. The molecule has 18 heteroatoms. The van der Waals surface area contributed by atoms with Gasteiger partial charge in [-0.25, -0.2) is 24.9 Å². The molecule has 6 N–H and O–H groups in total. The molecule has 280 valence electrons. The summed E-state index contributed by atoms with van der Waals surface area (Å²) >= 11 is 5.95. The summed E-state index contributed by atoms with van der Waals surface area (Å²) < 4.78 is 29.3. The van der Waals surface area contributed by atoms with Crippen LogP contribution in [0.2, 0.25) is 0 Å². The van der Waals surface area contributed by atoms with Gasteiger partial charge in [-0.2, -0.15) is 0 Å². The molecule has 8 heterocycles. The third kappa shape index (κ3) is 6.78. The van der Waals surface area contributed by atoms with Crippen LogP contribution in [0.25, 0.3) is 64.8 Å². The minimum atomic E-state index is -1.09. The maximum Gasteiger partial charge on any atom is 0.128 e. The molecule has 0 aliphatic heterocycles. The Kier molecular flexibility index (Phi) is 9.80. The Morgan fingerprint density at radius 3 is 1.89 bits per heavy atom. The highest BCUT2D eigenvalue weighted by Crippen LogP contribution is 2.46. The fourth-order valence-corrected chi connectivity index (χ4v) is 14.0. The molecule has 2 aliphatic carbocycles. The Labute approximate surface area is 336 Å². The number of imidazole rings is 1. The number of thiophene rings is 2. The van der Waals surface area contributed by atoms with Crippen molar-refractivity contribution in [2.75, 3.05) is 17.2 Å². The highest BCUT2D eigenvalue weighted by molar-refractivity contribution is 7.88. The van der Waals surface area contributed by atoms with Crippen molar-refractivity contribution in [3.63, 3.8) is 0 Å². The van der Waals surface area contributed by atoms with Crippen LogP contribution in [0.5, 0.6) is 0 Å². The lowest BCUT2D eigenvalue weighted by atomic mass is 10.0. The van der Waals surface area contributed by atoms with Crippen molar-refractivity contribution < 1.29 is 8.42 Å². The molecule has 2 fully saturated rings. The van der Waals surface area contributed by atoms with E-state index in [4.69, 9.17) is 27.2 Å². The quantitative estimate of drug-likeness (QED) is 0.133.